The fourth-order valence-electron chi connectivity index (χ4n) is 3.04. The van der Waals surface area contributed by atoms with Crippen molar-refractivity contribution in [2.45, 2.75) is 34.7 Å². The van der Waals surface area contributed by atoms with Crippen molar-refractivity contribution < 1.29 is 29.0 Å². The predicted molar refractivity (Wildman–Crippen MR) is 178 cm³/mol. The third-order valence-corrected chi connectivity index (χ3v) is 6.29. The summed E-state index contributed by atoms with van der Waals surface area (Å²) in [5.74, 6) is -1.07. The van der Waals surface area contributed by atoms with Gasteiger partial charge in [0.15, 0.2) is 5.69 Å². The van der Waals surface area contributed by atoms with Crippen molar-refractivity contribution in [1.29, 1.82) is 5.26 Å². The Morgan fingerprint density at radius 1 is 0.909 bits per heavy atom. The van der Waals surface area contributed by atoms with Gasteiger partial charge in [-0.2, -0.15) is 5.26 Å². The Labute approximate surface area is 279 Å². The second kappa shape index (κ2) is 21.1. The van der Waals surface area contributed by atoms with Crippen molar-refractivity contribution in [1.82, 2.24) is 20.3 Å². The zero-order valence-electron chi connectivity index (χ0n) is 23.3. The van der Waals surface area contributed by atoms with Gasteiger partial charge in [0.25, 0.3) is 5.91 Å². The number of carbonyl (C=O) groups excluding carboxylic acids is 3. The van der Waals surface area contributed by atoms with E-state index in [9.17, 15) is 14.4 Å². The number of aromatic nitrogens is 3. The van der Waals surface area contributed by atoms with Crippen LogP contribution in [0, 0.1) is 32.1 Å². The van der Waals surface area contributed by atoms with Gasteiger partial charge in [0.1, 0.15) is 32.9 Å². The van der Waals surface area contributed by atoms with Gasteiger partial charge >= 0.3 is 11.9 Å². The number of nitrogens with one attached hydrogen (secondary N) is 1. The number of rotatable bonds is 2. The number of esters is 2. The number of nitrogens with two attached hydrogens (primary N) is 1. The summed E-state index contributed by atoms with van der Waals surface area (Å²) >= 11 is 17.2. The minimum atomic E-state index is -0.589. The molecular weight excluding hydrogens is 657 g/mol. The highest BCUT2D eigenvalue weighted by atomic mass is 35.5. The number of nitriles is 1. The van der Waals surface area contributed by atoms with E-state index in [0.29, 0.717) is 33.5 Å². The maximum atomic E-state index is 11.2. The number of halogens is 4. The van der Waals surface area contributed by atoms with E-state index in [1.54, 1.807) is 32.0 Å². The third kappa shape index (κ3) is 11.8. The maximum absolute atomic E-state index is 11.2. The molecule has 1 aliphatic rings. The highest BCUT2D eigenvalue weighted by Crippen LogP contribution is 2.21. The van der Waals surface area contributed by atoms with Crippen LogP contribution in [0.4, 0.5) is 5.82 Å². The summed E-state index contributed by atoms with van der Waals surface area (Å²) < 4.78 is 9.01. The molecule has 4 rings (SSSR count). The van der Waals surface area contributed by atoms with Crippen LogP contribution in [-0.2, 0) is 16.0 Å². The normalized spacial score (nSPS) is 9.89. The number of hydrogen-bond donors (Lipinski definition) is 3. The summed E-state index contributed by atoms with van der Waals surface area (Å²) in [5, 5.41) is 19.4. The van der Waals surface area contributed by atoms with Gasteiger partial charge in [-0.1, -0.05) is 50.6 Å². The molecule has 0 aliphatic carbocycles. The molecule has 3 aromatic heterocycles. The first-order valence-corrected chi connectivity index (χ1v) is 12.5. The molecule has 0 saturated heterocycles. The lowest BCUT2D eigenvalue weighted by molar-refractivity contribution is 0.0591. The van der Waals surface area contributed by atoms with Crippen molar-refractivity contribution >= 4 is 79.3 Å². The molecule has 12 nitrogen and oxygen atoms in total. The van der Waals surface area contributed by atoms with Crippen molar-refractivity contribution in [2.24, 2.45) is 0 Å². The Morgan fingerprint density at radius 2 is 1.34 bits per heavy atom. The van der Waals surface area contributed by atoms with Crippen LogP contribution >= 0.6 is 47.2 Å². The first-order chi connectivity index (χ1) is 19.3. The predicted octanol–water partition coefficient (Wildman–Crippen LogP) is 3.62. The number of aliphatic hydroxyl groups is 1. The Kier molecular flexibility index (Phi) is 21.5. The van der Waals surface area contributed by atoms with E-state index >= 15 is 0 Å². The Hall–Kier alpha value is -3.67. The van der Waals surface area contributed by atoms with E-state index in [1.807, 2.05) is 6.92 Å². The fourth-order valence-corrected chi connectivity index (χ4v) is 3.48. The second-order valence-corrected chi connectivity index (χ2v) is 8.96. The SMILES string of the molecule is C.CO.COC(=O)c1cc(C)c(Cl)nc1C#N.COC(=O)c1cc(C)c(Cl)nc1N.Cc1cc2c(nc1Cl)CNC2=O.Cl.[BH4-]. The number of hydrogen-bond acceptors (Lipinski definition) is 11. The lowest BCUT2D eigenvalue weighted by Crippen LogP contribution is -2.12. The quantitative estimate of drug-likeness (QED) is 0.202. The average molecular weight is 693 g/mol. The minimum Gasteiger partial charge on any atom is -0.465 e. The molecule has 0 radical (unpaired) electrons. The van der Waals surface area contributed by atoms with E-state index in [-0.39, 0.29) is 61.9 Å². The van der Waals surface area contributed by atoms with Gasteiger partial charge in [-0.15, -0.1) is 12.4 Å². The Balaban J connectivity index is -0.000000540. The highest BCUT2D eigenvalue weighted by Gasteiger charge is 2.21. The number of aliphatic hydroxyl groups excluding tert-OH is 1. The molecular formula is C27H36BCl4N6O6-. The van der Waals surface area contributed by atoms with Crippen LogP contribution in [0.15, 0.2) is 18.2 Å². The van der Waals surface area contributed by atoms with Crippen LogP contribution in [0.1, 0.15) is 66.6 Å². The molecule has 0 fully saturated rings. The largest absolute Gasteiger partial charge is 0.465 e. The van der Waals surface area contributed by atoms with Gasteiger partial charge < -0.3 is 25.6 Å². The van der Waals surface area contributed by atoms with Gasteiger partial charge in [0.05, 0.1) is 37.6 Å². The molecule has 0 atom stereocenters. The number of aryl methyl sites for hydroxylation is 3. The van der Waals surface area contributed by atoms with E-state index < -0.39 is 11.9 Å². The van der Waals surface area contributed by atoms with Crippen molar-refractivity contribution in [3.8, 4) is 6.07 Å². The molecule has 1 amide bonds. The zero-order valence-corrected chi connectivity index (χ0v) is 26.4. The number of ether oxygens (including phenoxy) is 2. The van der Waals surface area contributed by atoms with E-state index in [4.69, 9.17) is 50.9 Å². The van der Waals surface area contributed by atoms with Crippen LogP contribution in [-0.4, -0.2) is 67.6 Å². The van der Waals surface area contributed by atoms with Crippen molar-refractivity contribution in [3.05, 3.63) is 78.4 Å². The Morgan fingerprint density at radius 3 is 1.84 bits per heavy atom. The smallest absolute Gasteiger partial charge is 0.341 e. The van der Waals surface area contributed by atoms with Crippen LogP contribution < -0.4 is 11.1 Å². The van der Waals surface area contributed by atoms with Gasteiger partial charge in [0, 0.05) is 7.11 Å². The molecule has 0 unspecified atom stereocenters. The second-order valence-electron chi connectivity index (χ2n) is 7.89. The molecule has 17 heteroatoms. The monoisotopic (exact) mass is 691 g/mol. The fraction of sp³-hybridized carbons (Fsp3) is 0.296. The lowest BCUT2D eigenvalue weighted by Gasteiger charge is -2.04. The number of nitrogen functional groups attached to an aromatic ring is 1. The topological polar surface area (TPSA) is 190 Å². The molecule has 0 spiro atoms. The number of amides is 1. The van der Waals surface area contributed by atoms with Crippen LogP contribution in [0.2, 0.25) is 15.5 Å². The number of pyridine rings is 3. The molecule has 0 bridgehead atoms. The summed E-state index contributed by atoms with van der Waals surface area (Å²) in [5.41, 5.74) is 9.38. The van der Waals surface area contributed by atoms with Gasteiger partial charge in [-0.3, -0.25) is 4.79 Å². The van der Waals surface area contributed by atoms with E-state index in [2.05, 4.69) is 29.7 Å². The van der Waals surface area contributed by atoms with Crippen LogP contribution in [0.25, 0.3) is 0 Å². The number of methoxy groups -OCH3 is 2. The number of fused-ring (bicyclic) bond motifs is 1. The molecule has 44 heavy (non-hydrogen) atoms. The summed E-state index contributed by atoms with van der Waals surface area (Å²) in [6.45, 7) is 5.76. The summed E-state index contributed by atoms with van der Waals surface area (Å²) in [4.78, 5) is 45.1. The maximum Gasteiger partial charge on any atom is 0.341 e. The van der Waals surface area contributed by atoms with Gasteiger partial charge in [-0.25, -0.2) is 24.5 Å². The standard InChI is InChI=1S/C9H7ClN2O2.C8H9ClN2O2.C8H7ClN2O.CH4O.CH4.BH4.ClH/c1-5-3-6(9(13)14-2)7(4-11)12-8(5)10;1-4-3-5(8(12)13-2)7(10)11-6(4)9;1-4-2-5-6(11-7(4)9)3-10-8(5)12;1-2;;;/h3H,1-2H3;3H,1-2H3,(H2,10,11);2H,3H2,1H3,(H,10,12);2H,1H3;2*1H4;1H/q;;;;;-1;. The molecule has 3 aromatic rings. The van der Waals surface area contributed by atoms with E-state index in [0.717, 1.165) is 18.4 Å². The average Bonchev–Trinajstić information content (AvgIpc) is 3.31. The first-order valence-electron chi connectivity index (χ1n) is 11.4. The summed E-state index contributed by atoms with van der Waals surface area (Å²) in [6.07, 6.45) is 0. The van der Waals surface area contributed by atoms with E-state index in [1.165, 1.54) is 20.3 Å². The molecule has 4 N–H and O–H groups in total. The zero-order chi connectivity index (χ0) is 31.4. The van der Waals surface area contributed by atoms with Crippen molar-refractivity contribution in [3.63, 3.8) is 0 Å². The molecule has 1 aliphatic heterocycles. The van der Waals surface area contributed by atoms with Gasteiger partial charge in [-0.05, 0) is 55.7 Å². The number of nitrogens with zero attached hydrogens (tertiary/aromatic N) is 4. The number of carbonyl (C=O) groups is 3. The highest BCUT2D eigenvalue weighted by molar-refractivity contribution is 6.31. The summed E-state index contributed by atoms with van der Waals surface area (Å²) in [7, 11) is 3.53. The minimum absolute atomic E-state index is 0. The lowest BCUT2D eigenvalue weighted by atomic mass is 10.1. The third-order valence-electron chi connectivity index (χ3n) is 5.14. The molecule has 0 aromatic carbocycles. The first kappa shape index (κ1) is 44.8. The molecule has 0 saturated carbocycles. The number of anilines is 1. The van der Waals surface area contributed by atoms with Crippen molar-refractivity contribution in [2.75, 3.05) is 27.1 Å². The van der Waals surface area contributed by atoms with Gasteiger partial charge in [0.2, 0.25) is 0 Å². The Bertz CT molecular complexity index is 1500. The molecule has 4 heterocycles. The van der Waals surface area contributed by atoms with Crippen LogP contribution in [0.3, 0.4) is 0 Å². The van der Waals surface area contributed by atoms with Crippen LogP contribution in [0.5, 0.6) is 0 Å². The molecule has 242 valence electrons. The summed E-state index contributed by atoms with van der Waals surface area (Å²) in [6, 6.07) is 6.59.